The summed E-state index contributed by atoms with van der Waals surface area (Å²) in [6.07, 6.45) is 6.79. The normalized spacial score (nSPS) is 23.4. The minimum absolute atomic E-state index is 0.649. The van der Waals surface area contributed by atoms with Crippen molar-refractivity contribution in [2.75, 3.05) is 24.3 Å². The van der Waals surface area contributed by atoms with Crippen LogP contribution < -0.4 is 10.2 Å². The van der Waals surface area contributed by atoms with Crippen LogP contribution in [0.5, 0.6) is 0 Å². The van der Waals surface area contributed by atoms with Gasteiger partial charge in [-0.15, -0.1) is 0 Å². The lowest BCUT2D eigenvalue weighted by Crippen LogP contribution is -2.19. The summed E-state index contributed by atoms with van der Waals surface area (Å²) < 4.78 is 0. The molecule has 112 valence electrons. The Morgan fingerprint density at radius 2 is 1.90 bits per heavy atom. The van der Waals surface area contributed by atoms with E-state index in [-0.39, 0.29) is 0 Å². The van der Waals surface area contributed by atoms with Gasteiger partial charge in [-0.25, -0.2) is 0 Å². The van der Waals surface area contributed by atoms with E-state index in [2.05, 4.69) is 62.4 Å². The van der Waals surface area contributed by atoms with Gasteiger partial charge < -0.3 is 10.2 Å². The number of hydrogen-bond donors (Lipinski definition) is 1. The average molecular weight is 274 g/mol. The lowest BCUT2D eigenvalue weighted by Gasteiger charge is -2.21. The van der Waals surface area contributed by atoms with Gasteiger partial charge in [0.1, 0.15) is 0 Å². The molecule has 0 bridgehead atoms. The van der Waals surface area contributed by atoms with E-state index in [1.807, 2.05) is 0 Å². The zero-order valence-corrected chi connectivity index (χ0v) is 13.5. The first-order valence-electron chi connectivity index (χ1n) is 8.10. The van der Waals surface area contributed by atoms with Crippen molar-refractivity contribution >= 4 is 11.4 Å². The fraction of sp³-hybridized carbons (Fsp3) is 0.667. The molecule has 1 fully saturated rings. The Kier molecular flexibility index (Phi) is 5.33. The topological polar surface area (TPSA) is 15.3 Å². The van der Waals surface area contributed by atoms with E-state index in [0.29, 0.717) is 6.04 Å². The Morgan fingerprint density at radius 3 is 2.60 bits per heavy atom. The average Bonchev–Trinajstić information content (AvgIpc) is 2.65. The van der Waals surface area contributed by atoms with Crippen molar-refractivity contribution in [3.05, 3.63) is 24.3 Å². The van der Waals surface area contributed by atoms with Crippen molar-refractivity contribution in [2.24, 2.45) is 11.8 Å². The van der Waals surface area contributed by atoms with Gasteiger partial charge in [0.05, 0.1) is 0 Å². The van der Waals surface area contributed by atoms with E-state index in [4.69, 9.17) is 0 Å². The van der Waals surface area contributed by atoms with E-state index in [9.17, 15) is 0 Å². The van der Waals surface area contributed by atoms with Crippen LogP contribution >= 0.6 is 0 Å². The molecule has 20 heavy (non-hydrogen) atoms. The predicted molar refractivity (Wildman–Crippen MR) is 89.6 cm³/mol. The second-order valence-electron chi connectivity index (χ2n) is 6.80. The van der Waals surface area contributed by atoms with E-state index < -0.39 is 0 Å². The van der Waals surface area contributed by atoms with Crippen molar-refractivity contribution in [2.45, 2.75) is 52.0 Å². The molecule has 0 amide bonds. The Morgan fingerprint density at radius 1 is 1.10 bits per heavy atom. The van der Waals surface area contributed by atoms with E-state index in [1.54, 1.807) is 0 Å². The van der Waals surface area contributed by atoms with Crippen molar-refractivity contribution in [1.82, 2.24) is 0 Å². The summed E-state index contributed by atoms with van der Waals surface area (Å²) in [5, 5.41) is 3.75. The summed E-state index contributed by atoms with van der Waals surface area (Å²) in [4.78, 5) is 2.16. The smallest absolute Gasteiger partial charge is 0.0381 e. The molecule has 1 saturated carbocycles. The van der Waals surface area contributed by atoms with Crippen LogP contribution in [0.2, 0.25) is 0 Å². The largest absolute Gasteiger partial charge is 0.382 e. The van der Waals surface area contributed by atoms with Crippen molar-refractivity contribution in [1.29, 1.82) is 0 Å². The van der Waals surface area contributed by atoms with Gasteiger partial charge in [0.15, 0.2) is 0 Å². The quantitative estimate of drug-likeness (QED) is 0.796. The third-order valence-electron chi connectivity index (χ3n) is 4.69. The van der Waals surface area contributed by atoms with Gasteiger partial charge in [0.2, 0.25) is 0 Å². The molecule has 0 radical (unpaired) electrons. The molecule has 2 unspecified atom stereocenters. The van der Waals surface area contributed by atoms with Crippen molar-refractivity contribution in [3.8, 4) is 0 Å². The molecule has 1 N–H and O–H groups in total. The van der Waals surface area contributed by atoms with Crippen LogP contribution in [0, 0.1) is 11.8 Å². The van der Waals surface area contributed by atoms with Crippen molar-refractivity contribution < 1.29 is 0 Å². The second kappa shape index (κ2) is 7.01. The number of benzene rings is 1. The van der Waals surface area contributed by atoms with Gasteiger partial charge in [0.25, 0.3) is 0 Å². The molecule has 1 aromatic carbocycles. The van der Waals surface area contributed by atoms with Crippen LogP contribution in [0.1, 0.15) is 46.0 Å². The molecule has 0 aromatic heterocycles. The molecule has 1 aromatic rings. The maximum Gasteiger partial charge on any atom is 0.0381 e. The number of rotatable bonds is 4. The summed E-state index contributed by atoms with van der Waals surface area (Å²) >= 11 is 0. The van der Waals surface area contributed by atoms with Gasteiger partial charge in [-0.2, -0.15) is 0 Å². The second-order valence-corrected chi connectivity index (χ2v) is 6.80. The molecular formula is C18H30N2. The standard InChI is InChI=1S/C18H30N2/c1-14(2)15-7-5-8-16(12-11-15)19-17-9-6-10-18(13-17)20(3)4/h6,9-10,13-16,19H,5,7-8,11-12H2,1-4H3. The SMILES string of the molecule is CC(C)C1CCCC(Nc2cccc(N(C)C)c2)CC1. The zero-order chi connectivity index (χ0) is 14.5. The van der Waals surface area contributed by atoms with Crippen LogP contribution in [-0.2, 0) is 0 Å². The summed E-state index contributed by atoms with van der Waals surface area (Å²) in [5.74, 6) is 1.76. The first-order chi connectivity index (χ1) is 9.56. The number of hydrogen-bond acceptors (Lipinski definition) is 2. The first-order valence-corrected chi connectivity index (χ1v) is 8.10. The fourth-order valence-corrected chi connectivity index (χ4v) is 3.25. The minimum Gasteiger partial charge on any atom is -0.382 e. The zero-order valence-electron chi connectivity index (χ0n) is 13.5. The molecule has 1 aliphatic rings. The number of anilines is 2. The summed E-state index contributed by atoms with van der Waals surface area (Å²) in [5.41, 5.74) is 2.54. The summed E-state index contributed by atoms with van der Waals surface area (Å²) in [7, 11) is 4.19. The fourth-order valence-electron chi connectivity index (χ4n) is 3.25. The van der Waals surface area contributed by atoms with Crippen LogP contribution in [-0.4, -0.2) is 20.1 Å². The van der Waals surface area contributed by atoms with E-state index in [1.165, 1.54) is 43.5 Å². The van der Waals surface area contributed by atoms with Gasteiger partial charge in [-0.1, -0.05) is 32.8 Å². The van der Waals surface area contributed by atoms with Gasteiger partial charge in [-0.3, -0.25) is 0 Å². The molecule has 0 saturated heterocycles. The van der Waals surface area contributed by atoms with E-state index >= 15 is 0 Å². The van der Waals surface area contributed by atoms with Gasteiger partial charge in [0, 0.05) is 31.5 Å². The molecule has 2 atom stereocenters. The minimum atomic E-state index is 0.649. The highest BCUT2D eigenvalue weighted by Gasteiger charge is 2.20. The van der Waals surface area contributed by atoms with E-state index in [0.717, 1.165) is 11.8 Å². The summed E-state index contributed by atoms with van der Waals surface area (Å²) in [6, 6.07) is 9.40. The van der Waals surface area contributed by atoms with Gasteiger partial charge >= 0.3 is 0 Å². The number of nitrogens with one attached hydrogen (secondary N) is 1. The van der Waals surface area contributed by atoms with Crippen LogP contribution in [0.15, 0.2) is 24.3 Å². The molecule has 2 heteroatoms. The molecule has 0 aliphatic heterocycles. The van der Waals surface area contributed by atoms with Crippen molar-refractivity contribution in [3.63, 3.8) is 0 Å². The molecule has 2 rings (SSSR count). The Labute approximate surface area is 124 Å². The molecule has 1 aliphatic carbocycles. The molecule has 2 nitrogen and oxygen atoms in total. The maximum absolute atomic E-state index is 3.75. The third kappa shape index (κ3) is 4.16. The lowest BCUT2D eigenvalue weighted by atomic mass is 9.89. The van der Waals surface area contributed by atoms with Gasteiger partial charge in [-0.05, 0) is 49.3 Å². The highest BCUT2D eigenvalue weighted by Crippen LogP contribution is 2.30. The molecule has 0 spiro atoms. The summed E-state index contributed by atoms with van der Waals surface area (Å²) in [6.45, 7) is 4.75. The third-order valence-corrected chi connectivity index (χ3v) is 4.69. The van der Waals surface area contributed by atoms with Crippen LogP contribution in [0.25, 0.3) is 0 Å². The predicted octanol–water partition coefficient (Wildman–Crippen LogP) is 4.77. The Hall–Kier alpha value is -1.18. The highest BCUT2D eigenvalue weighted by atomic mass is 15.1. The monoisotopic (exact) mass is 274 g/mol. The Bertz CT molecular complexity index is 412. The highest BCUT2D eigenvalue weighted by molar-refractivity contribution is 5.57. The number of nitrogens with zero attached hydrogens (tertiary/aromatic N) is 1. The Balaban J connectivity index is 1.94. The first kappa shape index (κ1) is 15.2. The molecule has 0 heterocycles. The maximum atomic E-state index is 3.75. The molecular weight excluding hydrogens is 244 g/mol. The lowest BCUT2D eigenvalue weighted by molar-refractivity contribution is 0.341. The van der Waals surface area contributed by atoms with Crippen LogP contribution in [0.3, 0.4) is 0 Å². The van der Waals surface area contributed by atoms with Crippen LogP contribution in [0.4, 0.5) is 11.4 Å².